The summed E-state index contributed by atoms with van der Waals surface area (Å²) in [6.45, 7) is 0.919. The largest absolute Gasteiger partial charge is 0.461 e. The van der Waals surface area contributed by atoms with Crippen molar-refractivity contribution in [2.24, 2.45) is 5.92 Å². The first-order chi connectivity index (χ1) is 11.6. The van der Waals surface area contributed by atoms with E-state index in [0.717, 1.165) is 23.6 Å². The maximum Gasteiger partial charge on any atom is 0.357 e. The summed E-state index contributed by atoms with van der Waals surface area (Å²) < 4.78 is 5.37. The summed E-state index contributed by atoms with van der Waals surface area (Å²) in [6.07, 6.45) is 2.64. The van der Waals surface area contributed by atoms with Crippen molar-refractivity contribution in [1.29, 1.82) is 0 Å². The Kier molecular flexibility index (Phi) is 3.88. The van der Waals surface area contributed by atoms with E-state index in [2.05, 4.69) is 4.98 Å². The molecule has 5 nitrogen and oxygen atoms in total. The summed E-state index contributed by atoms with van der Waals surface area (Å²) in [7, 11) is 0. The number of amides is 1. The van der Waals surface area contributed by atoms with Crippen LogP contribution in [-0.4, -0.2) is 41.0 Å². The topological polar surface area (TPSA) is 59.5 Å². The van der Waals surface area contributed by atoms with E-state index in [9.17, 15) is 9.59 Å². The van der Waals surface area contributed by atoms with Crippen LogP contribution in [0, 0.1) is 5.92 Å². The molecule has 1 aliphatic carbocycles. The van der Waals surface area contributed by atoms with Crippen molar-refractivity contribution < 1.29 is 14.3 Å². The minimum atomic E-state index is -0.500. The fraction of sp³-hybridized carbons (Fsp3) is 0.389. The number of nitrogens with zero attached hydrogens (tertiary/aromatic N) is 2. The van der Waals surface area contributed by atoms with Gasteiger partial charge in [0.2, 0.25) is 5.91 Å². The van der Waals surface area contributed by atoms with E-state index in [-0.39, 0.29) is 29.3 Å². The van der Waals surface area contributed by atoms with Gasteiger partial charge in [0.1, 0.15) is 5.15 Å². The Morgan fingerprint density at radius 2 is 2.12 bits per heavy atom. The number of hydrogen-bond acceptors (Lipinski definition) is 4. The zero-order valence-electron chi connectivity index (χ0n) is 13.1. The molecule has 0 unspecified atom stereocenters. The lowest BCUT2D eigenvalue weighted by molar-refractivity contribution is -0.128. The molecule has 2 heterocycles. The molecule has 1 saturated heterocycles. The Morgan fingerprint density at radius 1 is 1.33 bits per heavy atom. The number of carbonyl (C=O) groups is 2. The van der Waals surface area contributed by atoms with Crippen LogP contribution in [0.25, 0.3) is 10.8 Å². The number of benzene rings is 1. The maximum absolute atomic E-state index is 12.3. The van der Waals surface area contributed by atoms with Crippen LogP contribution in [0.4, 0.5) is 0 Å². The average molecular weight is 345 g/mol. The van der Waals surface area contributed by atoms with Crippen LogP contribution < -0.4 is 0 Å². The van der Waals surface area contributed by atoms with E-state index in [4.69, 9.17) is 16.3 Å². The number of fused-ring (bicyclic) bond motifs is 1. The molecule has 1 saturated carbocycles. The highest BCUT2D eigenvalue weighted by Crippen LogP contribution is 2.32. The molecule has 1 amide bonds. The molecule has 6 heteroatoms. The molecule has 0 bridgehead atoms. The Balaban J connectivity index is 1.42. The molecule has 1 atom stereocenters. The first kappa shape index (κ1) is 15.4. The van der Waals surface area contributed by atoms with Crippen molar-refractivity contribution in [3.8, 4) is 0 Å². The van der Waals surface area contributed by atoms with Gasteiger partial charge in [-0.3, -0.25) is 4.79 Å². The van der Waals surface area contributed by atoms with Gasteiger partial charge in [0, 0.05) is 30.3 Å². The minimum absolute atomic E-state index is 0.0676. The lowest BCUT2D eigenvalue weighted by Gasteiger charge is -2.15. The zero-order chi connectivity index (χ0) is 16.7. The first-order valence-corrected chi connectivity index (χ1v) is 8.51. The SMILES string of the molecule is O=C(OC[C@@H]1CC(=O)N(C2CC2)C1)c1cc2ccccc2c(Cl)n1. The van der Waals surface area contributed by atoms with Gasteiger partial charge < -0.3 is 9.64 Å². The third kappa shape index (κ3) is 2.96. The number of likely N-dealkylation sites (tertiary alicyclic amines) is 1. The molecule has 1 aromatic heterocycles. The smallest absolute Gasteiger partial charge is 0.357 e. The second-order valence-corrected chi connectivity index (χ2v) is 6.82. The molecule has 0 spiro atoms. The molecule has 2 aliphatic rings. The molecule has 4 rings (SSSR count). The number of ether oxygens (including phenoxy) is 1. The van der Waals surface area contributed by atoms with E-state index in [1.54, 1.807) is 6.07 Å². The summed E-state index contributed by atoms with van der Waals surface area (Å²) in [6, 6.07) is 9.58. The van der Waals surface area contributed by atoms with Crippen LogP contribution in [0.3, 0.4) is 0 Å². The van der Waals surface area contributed by atoms with Crippen LogP contribution in [0.2, 0.25) is 5.15 Å². The lowest BCUT2D eigenvalue weighted by atomic mass is 10.1. The number of aromatic nitrogens is 1. The van der Waals surface area contributed by atoms with E-state index < -0.39 is 5.97 Å². The molecule has 124 valence electrons. The summed E-state index contributed by atoms with van der Waals surface area (Å²) >= 11 is 6.14. The first-order valence-electron chi connectivity index (χ1n) is 8.13. The van der Waals surface area contributed by atoms with E-state index in [1.165, 1.54) is 0 Å². The summed E-state index contributed by atoms with van der Waals surface area (Å²) in [5.41, 5.74) is 0.196. The van der Waals surface area contributed by atoms with Crippen molar-refractivity contribution in [2.75, 3.05) is 13.2 Å². The Morgan fingerprint density at radius 3 is 2.92 bits per heavy atom. The van der Waals surface area contributed by atoms with Crippen LogP contribution >= 0.6 is 11.6 Å². The van der Waals surface area contributed by atoms with Gasteiger partial charge in [0.15, 0.2) is 5.69 Å². The third-order valence-corrected chi connectivity index (χ3v) is 4.87. The zero-order valence-corrected chi connectivity index (χ0v) is 13.8. The van der Waals surface area contributed by atoms with Gasteiger partial charge in [0.25, 0.3) is 0 Å². The van der Waals surface area contributed by atoms with Gasteiger partial charge in [-0.1, -0.05) is 35.9 Å². The van der Waals surface area contributed by atoms with E-state index in [0.29, 0.717) is 19.0 Å². The second kappa shape index (κ2) is 6.06. The van der Waals surface area contributed by atoms with E-state index >= 15 is 0 Å². The number of rotatable bonds is 4. The molecule has 1 aliphatic heterocycles. The molecule has 2 fully saturated rings. The highest BCUT2D eigenvalue weighted by atomic mass is 35.5. The number of esters is 1. The number of pyridine rings is 1. The van der Waals surface area contributed by atoms with Gasteiger partial charge in [-0.05, 0) is 24.3 Å². The highest BCUT2D eigenvalue weighted by Gasteiger charge is 2.39. The van der Waals surface area contributed by atoms with Gasteiger partial charge in [-0.2, -0.15) is 0 Å². The predicted octanol–water partition coefficient (Wildman–Crippen LogP) is 3.06. The molecule has 1 aromatic carbocycles. The quantitative estimate of drug-likeness (QED) is 0.632. The van der Waals surface area contributed by atoms with Crippen molar-refractivity contribution in [1.82, 2.24) is 9.88 Å². The van der Waals surface area contributed by atoms with Gasteiger partial charge in [-0.25, -0.2) is 9.78 Å². The molecular formula is C18H17ClN2O3. The number of carbonyl (C=O) groups excluding carboxylic acids is 2. The molecule has 2 aromatic rings. The normalized spacial score (nSPS) is 20.6. The third-order valence-electron chi connectivity index (χ3n) is 4.58. The lowest BCUT2D eigenvalue weighted by Crippen LogP contribution is -2.28. The monoisotopic (exact) mass is 344 g/mol. The highest BCUT2D eigenvalue weighted by molar-refractivity contribution is 6.34. The summed E-state index contributed by atoms with van der Waals surface area (Å²) in [5, 5.41) is 1.94. The summed E-state index contributed by atoms with van der Waals surface area (Å²) in [4.78, 5) is 30.2. The second-order valence-electron chi connectivity index (χ2n) is 6.47. The van der Waals surface area contributed by atoms with Gasteiger partial charge >= 0.3 is 5.97 Å². The molecular weight excluding hydrogens is 328 g/mol. The van der Waals surface area contributed by atoms with Crippen LogP contribution in [-0.2, 0) is 9.53 Å². The fourth-order valence-corrected chi connectivity index (χ4v) is 3.45. The number of hydrogen-bond donors (Lipinski definition) is 0. The maximum atomic E-state index is 12.3. The van der Waals surface area contributed by atoms with Crippen LogP contribution in [0.15, 0.2) is 30.3 Å². The predicted molar refractivity (Wildman–Crippen MR) is 89.9 cm³/mol. The minimum Gasteiger partial charge on any atom is -0.461 e. The van der Waals surface area contributed by atoms with Crippen LogP contribution in [0.1, 0.15) is 29.8 Å². The average Bonchev–Trinajstić information content (AvgIpc) is 3.35. The Hall–Kier alpha value is -2.14. The molecule has 24 heavy (non-hydrogen) atoms. The van der Waals surface area contributed by atoms with E-state index in [1.807, 2.05) is 29.2 Å². The van der Waals surface area contributed by atoms with Crippen molar-refractivity contribution >= 4 is 34.2 Å². The molecule has 0 radical (unpaired) electrons. The Bertz CT molecular complexity index is 819. The van der Waals surface area contributed by atoms with Crippen molar-refractivity contribution in [3.63, 3.8) is 0 Å². The Labute approximate surface area is 144 Å². The summed E-state index contributed by atoms with van der Waals surface area (Å²) in [5.74, 6) is -0.261. The van der Waals surface area contributed by atoms with Crippen molar-refractivity contribution in [3.05, 3.63) is 41.2 Å². The van der Waals surface area contributed by atoms with Crippen molar-refractivity contribution in [2.45, 2.75) is 25.3 Å². The van der Waals surface area contributed by atoms with Gasteiger partial charge in [-0.15, -0.1) is 0 Å². The standard InChI is InChI=1S/C18H17ClN2O3/c19-17-14-4-2-1-3-12(14)8-15(20-17)18(23)24-10-11-7-16(22)21(9-11)13-5-6-13/h1-4,8,11,13H,5-7,9-10H2/t11-/m1/s1. The number of halogens is 1. The molecule has 0 N–H and O–H groups in total. The van der Waals surface area contributed by atoms with Crippen LogP contribution in [0.5, 0.6) is 0 Å². The van der Waals surface area contributed by atoms with Gasteiger partial charge in [0.05, 0.1) is 6.61 Å². The fourth-order valence-electron chi connectivity index (χ4n) is 3.19.